The minimum atomic E-state index is -4.28. The molecule has 0 aliphatic carbocycles. The summed E-state index contributed by atoms with van der Waals surface area (Å²) in [6.07, 6.45) is -5.04. The molecule has 0 aliphatic rings. The van der Waals surface area contributed by atoms with Crippen molar-refractivity contribution in [1.82, 2.24) is 0 Å². The van der Waals surface area contributed by atoms with Gasteiger partial charge >= 0.3 is 12.1 Å². The molecule has 0 aliphatic heterocycles. The summed E-state index contributed by atoms with van der Waals surface area (Å²) >= 11 is 0. The fourth-order valence-electron chi connectivity index (χ4n) is 1.09. The number of rotatable bonds is 6. The predicted octanol–water partition coefficient (Wildman–Crippen LogP) is 1.77. The number of hydrogen-bond donors (Lipinski definition) is 2. The second-order valence-electron chi connectivity index (χ2n) is 3.12. The molecule has 0 aromatic rings. The van der Waals surface area contributed by atoms with Crippen LogP contribution in [0.5, 0.6) is 0 Å². The molecule has 0 heterocycles. The second-order valence-corrected chi connectivity index (χ2v) is 3.12. The average molecular weight is 213 g/mol. The standard InChI is InChI=1S/C8H14F3NO2/c9-8(10,11)4-3-6(7(13)14)2-1-5-12/h6H,1-5,12H2,(H,13,14). The average Bonchev–Trinajstić information content (AvgIpc) is 2.01. The predicted molar refractivity (Wildman–Crippen MR) is 44.7 cm³/mol. The van der Waals surface area contributed by atoms with Gasteiger partial charge in [0.25, 0.3) is 0 Å². The van der Waals surface area contributed by atoms with Crippen LogP contribution in [0, 0.1) is 5.92 Å². The van der Waals surface area contributed by atoms with Crippen LogP contribution in [0.3, 0.4) is 0 Å². The van der Waals surface area contributed by atoms with Gasteiger partial charge in [0.1, 0.15) is 0 Å². The van der Waals surface area contributed by atoms with Crippen molar-refractivity contribution in [2.45, 2.75) is 31.9 Å². The van der Waals surface area contributed by atoms with E-state index in [2.05, 4.69) is 0 Å². The van der Waals surface area contributed by atoms with Crippen LogP contribution in [-0.4, -0.2) is 23.8 Å². The number of aliphatic carboxylic acids is 1. The lowest BCUT2D eigenvalue weighted by Gasteiger charge is -2.12. The molecule has 1 unspecified atom stereocenters. The van der Waals surface area contributed by atoms with E-state index >= 15 is 0 Å². The SMILES string of the molecule is NCCCC(CCC(F)(F)F)C(=O)O. The number of carboxylic acids is 1. The topological polar surface area (TPSA) is 63.3 Å². The Morgan fingerprint density at radius 3 is 2.29 bits per heavy atom. The van der Waals surface area contributed by atoms with Gasteiger partial charge in [-0.2, -0.15) is 13.2 Å². The van der Waals surface area contributed by atoms with E-state index in [1.54, 1.807) is 0 Å². The number of halogens is 3. The van der Waals surface area contributed by atoms with Gasteiger partial charge in [0, 0.05) is 6.42 Å². The third-order valence-electron chi connectivity index (χ3n) is 1.88. The molecular formula is C8H14F3NO2. The Morgan fingerprint density at radius 1 is 1.36 bits per heavy atom. The molecular weight excluding hydrogens is 199 g/mol. The van der Waals surface area contributed by atoms with E-state index in [0.717, 1.165) is 0 Å². The highest BCUT2D eigenvalue weighted by atomic mass is 19.4. The zero-order valence-electron chi connectivity index (χ0n) is 7.68. The zero-order valence-corrected chi connectivity index (χ0v) is 7.68. The van der Waals surface area contributed by atoms with Crippen LogP contribution in [0.1, 0.15) is 25.7 Å². The molecule has 3 N–H and O–H groups in total. The van der Waals surface area contributed by atoms with E-state index in [1.807, 2.05) is 0 Å². The maximum atomic E-state index is 11.8. The van der Waals surface area contributed by atoms with Crippen molar-refractivity contribution in [2.24, 2.45) is 11.7 Å². The summed E-state index contributed by atoms with van der Waals surface area (Å²) in [6.45, 7) is 0.301. The van der Waals surface area contributed by atoms with Crippen molar-refractivity contribution in [3.63, 3.8) is 0 Å². The van der Waals surface area contributed by atoms with E-state index in [-0.39, 0.29) is 12.8 Å². The highest BCUT2D eigenvalue weighted by Crippen LogP contribution is 2.25. The Kier molecular flexibility index (Phi) is 5.52. The smallest absolute Gasteiger partial charge is 0.389 e. The molecule has 0 bridgehead atoms. The molecule has 1 atom stereocenters. The molecule has 0 spiro atoms. The molecule has 3 nitrogen and oxygen atoms in total. The van der Waals surface area contributed by atoms with Crippen LogP contribution >= 0.6 is 0 Å². The van der Waals surface area contributed by atoms with Gasteiger partial charge in [0.05, 0.1) is 5.92 Å². The van der Waals surface area contributed by atoms with Gasteiger partial charge in [0.2, 0.25) is 0 Å². The summed E-state index contributed by atoms with van der Waals surface area (Å²) in [4.78, 5) is 10.5. The number of carbonyl (C=O) groups is 1. The van der Waals surface area contributed by atoms with Crippen LogP contribution in [-0.2, 0) is 4.79 Å². The lowest BCUT2D eigenvalue weighted by molar-refractivity contribution is -0.149. The maximum absolute atomic E-state index is 11.8. The van der Waals surface area contributed by atoms with Gasteiger partial charge in [-0.05, 0) is 25.8 Å². The molecule has 0 aromatic carbocycles. The first-order valence-electron chi connectivity index (χ1n) is 4.36. The van der Waals surface area contributed by atoms with Crippen LogP contribution in [0.15, 0.2) is 0 Å². The third kappa shape index (κ3) is 6.71. The van der Waals surface area contributed by atoms with Crippen LogP contribution in [0.4, 0.5) is 13.2 Å². The quantitative estimate of drug-likeness (QED) is 0.706. The van der Waals surface area contributed by atoms with Crippen LogP contribution < -0.4 is 5.73 Å². The van der Waals surface area contributed by atoms with Gasteiger partial charge < -0.3 is 10.8 Å². The van der Waals surface area contributed by atoms with Crippen LogP contribution in [0.2, 0.25) is 0 Å². The summed E-state index contributed by atoms with van der Waals surface area (Å²) in [5, 5.41) is 8.59. The van der Waals surface area contributed by atoms with E-state index < -0.39 is 24.5 Å². The van der Waals surface area contributed by atoms with Gasteiger partial charge in [-0.1, -0.05) is 0 Å². The minimum absolute atomic E-state index is 0.210. The summed E-state index contributed by atoms with van der Waals surface area (Å²) in [5.74, 6) is -2.11. The molecule has 0 fully saturated rings. The first-order chi connectivity index (χ1) is 6.37. The van der Waals surface area contributed by atoms with Crippen molar-refractivity contribution < 1.29 is 23.1 Å². The molecule has 0 aromatic heterocycles. The van der Waals surface area contributed by atoms with E-state index in [9.17, 15) is 18.0 Å². The molecule has 84 valence electrons. The van der Waals surface area contributed by atoms with E-state index in [0.29, 0.717) is 13.0 Å². The summed E-state index contributed by atoms with van der Waals surface area (Å²) < 4.78 is 35.4. The van der Waals surface area contributed by atoms with Gasteiger partial charge in [-0.25, -0.2) is 0 Å². The number of alkyl halides is 3. The van der Waals surface area contributed by atoms with Crippen molar-refractivity contribution in [3.05, 3.63) is 0 Å². The molecule has 6 heteroatoms. The molecule has 0 saturated heterocycles. The third-order valence-corrected chi connectivity index (χ3v) is 1.88. The number of carboxylic acid groups (broad SMARTS) is 1. The largest absolute Gasteiger partial charge is 0.481 e. The monoisotopic (exact) mass is 213 g/mol. The van der Waals surface area contributed by atoms with E-state index in [1.165, 1.54) is 0 Å². The molecule has 0 rings (SSSR count). The second kappa shape index (κ2) is 5.85. The molecule has 14 heavy (non-hydrogen) atoms. The number of nitrogens with two attached hydrogens (primary N) is 1. The normalized spacial score (nSPS) is 14.0. The molecule has 0 saturated carbocycles. The van der Waals surface area contributed by atoms with Crippen molar-refractivity contribution in [1.29, 1.82) is 0 Å². The lowest BCUT2D eigenvalue weighted by Crippen LogP contribution is -2.18. The Bertz CT molecular complexity index is 182. The van der Waals surface area contributed by atoms with Gasteiger partial charge in [0.15, 0.2) is 0 Å². The first kappa shape index (κ1) is 13.2. The number of hydrogen-bond acceptors (Lipinski definition) is 2. The van der Waals surface area contributed by atoms with Gasteiger partial charge in [-0.3, -0.25) is 4.79 Å². The minimum Gasteiger partial charge on any atom is -0.481 e. The van der Waals surface area contributed by atoms with Crippen LogP contribution in [0.25, 0.3) is 0 Å². The first-order valence-corrected chi connectivity index (χ1v) is 4.36. The molecule has 0 amide bonds. The lowest BCUT2D eigenvalue weighted by atomic mass is 9.98. The van der Waals surface area contributed by atoms with Crippen molar-refractivity contribution >= 4 is 5.97 Å². The fraction of sp³-hybridized carbons (Fsp3) is 0.875. The van der Waals surface area contributed by atoms with Crippen molar-refractivity contribution in [2.75, 3.05) is 6.54 Å². The Balaban J connectivity index is 3.91. The molecule has 0 radical (unpaired) electrons. The summed E-state index contributed by atoms with van der Waals surface area (Å²) in [7, 11) is 0. The Hall–Kier alpha value is -0.780. The van der Waals surface area contributed by atoms with Gasteiger partial charge in [-0.15, -0.1) is 0 Å². The van der Waals surface area contributed by atoms with Crippen molar-refractivity contribution in [3.8, 4) is 0 Å². The highest BCUT2D eigenvalue weighted by Gasteiger charge is 2.30. The summed E-state index contributed by atoms with van der Waals surface area (Å²) in [6, 6.07) is 0. The fourth-order valence-corrected chi connectivity index (χ4v) is 1.09. The Labute approximate surface area is 80.1 Å². The van der Waals surface area contributed by atoms with E-state index in [4.69, 9.17) is 10.8 Å². The highest BCUT2D eigenvalue weighted by molar-refractivity contribution is 5.69. The zero-order chi connectivity index (χ0) is 11.2. The summed E-state index contributed by atoms with van der Waals surface area (Å²) in [5.41, 5.74) is 5.14. The Morgan fingerprint density at radius 2 is 1.93 bits per heavy atom. The maximum Gasteiger partial charge on any atom is 0.389 e.